The minimum Gasteiger partial charge on any atom is -0.481 e. The van der Waals surface area contributed by atoms with Crippen molar-refractivity contribution in [1.82, 2.24) is 0 Å². The molecule has 3 rings (SSSR count). The van der Waals surface area contributed by atoms with Crippen LogP contribution in [0.2, 0.25) is 0 Å². The number of aliphatic carboxylic acids is 1. The predicted octanol–water partition coefficient (Wildman–Crippen LogP) is 4.01. The fourth-order valence-electron chi connectivity index (χ4n) is 2.31. The van der Waals surface area contributed by atoms with E-state index < -0.39 is 10.8 Å². The normalized spacial score (nSPS) is 12.6. The number of hydrogen-bond acceptors (Lipinski definition) is 3. The highest BCUT2D eigenvalue weighted by Gasteiger charge is 2.21. The summed E-state index contributed by atoms with van der Waals surface area (Å²) < 4.78 is 5.70. The van der Waals surface area contributed by atoms with Gasteiger partial charge in [0.1, 0.15) is 11.2 Å². The quantitative estimate of drug-likeness (QED) is 0.572. The summed E-state index contributed by atoms with van der Waals surface area (Å²) in [5.74, 6) is -1.26. The molecule has 3 aromatic rings. The average molecular weight is 347 g/mol. The van der Waals surface area contributed by atoms with Crippen molar-refractivity contribution in [2.45, 2.75) is 11.2 Å². The van der Waals surface area contributed by atoms with Gasteiger partial charge < -0.3 is 9.52 Å². The van der Waals surface area contributed by atoms with E-state index in [0.717, 1.165) is 16.4 Å². The van der Waals surface area contributed by atoms with E-state index >= 15 is 0 Å². The fraction of sp³-hybridized carbons (Fsp3) is 0.125. The molecule has 106 valence electrons. The van der Waals surface area contributed by atoms with E-state index in [1.807, 2.05) is 24.3 Å². The maximum atomic E-state index is 12.2. The second-order valence-corrected chi connectivity index (χ2v) is 5.84. The lowest BCUT2D eigenvalue weighted by Crippen LogP contribution is -2.18. The van der Waals surface area contributed by atoms with Gasteiger partial charge >= 0.3 is 5.97 Å². The van der Waals surface area contributed by atoms with Crippen LogP contribution < -0.4 is 0 Å². The SMILES string of the molecule is O=C(O)CC(Br)C(=O)c1ccc2oc3ccccc3c2c1. The molecule has 1 aromatic heterocycles. The topological polar surface area (TPSA) is 67.5 Å². The molecule has 1 N–H and O–H groups in total. The molecule has 0 aliphatic carbocycles. The minimum absolute atomic E-state index is 0.246. The van der Waals surface area contributed by atoms with Crippen LogP contribution in [0.25, 0.3) is 21.9 Å². The zero-order chi connectivity index (χ0) is 15.0. The average Bonchev–Trinajstić information content (AvgIpc) is 2.83. The molecular formula is C16H11BrO4. The number of carboxylic acids is 1. The van der Waals surface area contributed by atoms with Gasteiger partial charge in [-0.2, -0.15) is 0 Å². The van der Waals surface area contributed by atoms with Gasteiger partial charge in [-0.3, -0.25) is 9.59 Å². The van der Waals surface area contributed by atoms with Gasteiger partial charge in [-0.1, -0.05) is 34.1 Å². The maximum absolute atomic E-state index is 12.2. The van der Waals surface area contributed by atoms with Crippen molar-refractivity contribution in [2.24, 2.45) is 0 Å². The molecule has 0 spiro atoms. The third-order valence-electron chi connectivity index (χ3n) is 3.30. The van der Waals surface area contributed by atoms with Gasteiger partial charge in [0.15, 0.2) is 5.78 Å². The van der Waals surface area contributed by atoms with Crippen molar-refractivity contribution in [3.05, 3.63) is 48.0 Å². The van der Waals surface area contributed by atoms with E-state index in [2.05, 4.69) is 15.9 Å². The molecule has 1 unspecified atom stereocenters. The van der Waals surface area contributed by atoms with Gasteiger partial charge in [0.25, 0.3) is 0 Å². The van der Waals surface area contributed by atoms with E-state index in [9.17, 15) is 9.59 Å². The molecule has 1 heterocycles. The molecule has 1 atom stereocenters. The molecule has 21 heavy (non-hydrogen) atoms. The van der Waals surface area contributed by atoms with E-state index in [-0.39, 0.29) is 12.2 Å². The fourth-order valence-corrected chi connectivity index (χ4v) is 2.85. The number of rotatable bonds is 4. The summed E-state index contributed by atoms with van der Waals surface area (Å²) in [6, 6.07) is 12.7. The second kappa shape index (κ2) is 5.33. The van der Waals surface area contributed by atoms with Crippen LogP contribution in [0, 0.1) is 0 Å². The van der Waals surface area contributed by atoms with Gasteiger partial charge in [0, 0.05) is 16.3 Å². The number of benzene rings is 2. The summed E-state index contributed by atoms with van der Waals surface area (Å²) in [5.41, 5.74) is 1.94. The number of halogens is 1. The summed E-state index contributed by atoms with van der Waals surface area (Å²) in [6.07, 6.45) is -0.247. The Morgan fingerprint density at radius 3 is 2.57 bits per heavy atom. The van der Waals surface area contributed by atoms with Gasteiger partial charge in [-0.25, -0.2) is 0 Å². The largest absolute Gasteiger partial charge is 0.481 e. The number of hydrogen-bond donors (Lipinski definition) is 1. The lowest BCUT2D eigenvalue weighted by atomic mass is 10.0. The molecule has 0 aliphatic rings. The molecule has 0 saturated carbocycles. The maximum Gasteiger partial charge on any atom is 0.304 e. The molecular weight excluding hydrogens is 336 g/mol. The lowest BCUT2D eigenvalue weighted by molar-refractivity contribution is -0.136. The molecule has 0 bridgehead atoms. The number of fused-ring (bicyclic) bond motifs is 3. The molecule has 5 heteroatoms. The summed E-state index contributed by atoms with van der Waals surface area (Å²) in [5, 5.41) is 10.6. The van der Waals surface area contributed by atoms with Crippen molar-refractivity contribution in [3.8, 4) is 0 Å². The predicted molar refractivity (Wildman–Crippen MR) is 83.0 cm³/mol. The Morgan fingerprint density at radius 2 is 1.81 bits per heavy atom. The van der Waals surface area contributed by atoms with Crippen molar-refractivity contribution in [3.63, 3.8) is 0 Å². The number of alkyl halides is 1. The monoisotopic (exact) mass is 346 g/mol. The Kier molecular flexibility index (Phi) is 3.51. The summed E-state index contributed by atoms with van der Waals surface area (Å²) in [4.78, 5) is 22.2. The Labute approximate surface area is 128 Å². The third-order valence-corrected chi connectivity index (χ3v) is 4.04. The zero-order valence-electron chi connectivity index (χ0n) is 10.9. The zero-order valence-corrected chi connectivity index (χ0v) is 12.5. The first-order valence-electron chi connectivity index (χ1n) is 6.37. The standard InChI is InChI=1S/C16H11BrO4/c17-12(8-15(18)19)16(20)9-5-6-14-11(7-9)10-3-1-2-4-13(10)21-14/h1-7,12H,8H2,(H,18,19). The Morgan fingerprint density at radius 1 is 1.10 bits per heavy atom. The first kappa shape index (κ1) is 13.8. The Balaban J connectivity index is 2.06. The first-order chi connectivity index (χ1) is 10.1. The van der Waals surface area contributed by atoms with Crippen LogP contribution in [0.1, 0.15) is 16.8 Å². The van der Waals surface area contributed by atoms with E-state index in [4.69, 9.17) is 9.52 Å². The second-order valence-electron chi connectivity index (χ2n) is 4.74. The smallest absolute Gasteiger partial charge is 0.304 e. The van der Waals surface area contributed by atoms with E-state index in [1.54, 1.807) is 18.2 Å². The highest BCUT2D eigenvalue weighted by molar-refractivity contribution is 9.10. The summed E-state index contributed by atoms with van der Waals surface area (Å²) in [7, 11) is 0. The molecule has 0 radical (unpaired) electrons. The molecule has 0 aliphatic heterocycles. The van der Waals surface area contributed by atoms with Gasteiger partial charge in [0.2, 0.25) is 0 Å². The highest BCUT2D eigenvalue weighted by Crippen LogP contribution is 2.29. The van der Waals surface area contributed by atoms with Crippen LogP contribution in [-0.2, 0) is 4.79 Å². The van der Waals surface area contributed by atoms with E-state index in [1.165, 1.54) is 0 Å². The summed E-state index contributed by atoms with van der Waals surface area (Å²) in [6.45, 7) is 0. The van der Waals surface area contributed by atoms with Crippen molar-refractivity contribution in [2.75, 3.05) is 0 Å². The molecule has 4 nitrogen and oxygen atoms in total. The number of ketones is 1. The van der Waals surface area contributed by atoms with Gasteiger partial charge in [0.05, 0.1) is 11.2 Å². The van der Waals surface area contributed by atoms with E-state index in [0.29, 0.717) is 11.1 Å². The van der Waals surface area contributed by atoms with Crippen LogP contribution in [0.4, 0.5) is 0 Å². The van der Waals surface area contributed by atoms with Crippen LogP contribution >= 0.6 is 15.9 Å². The number of carbonyl (C=O) groups is 2. The molecule has 0 amide bonds. The number of Topliss-reactive ketones (excluding diaryl/α,β-unsaturated/α-hetero) is 1. The molecule has 2 aromatic carbocycles. The first-order valence-corrected chi connectivity index (χ1v) is 7.29. The lowest BCUT2D eigenvalue weighted by Gasteiger charge is -2.06. The van der Waals surface area contributed by atoms with Crippen molar-refractivity contribution < 1.29 is 19.1 Å². The van der Waals surface area contributed by atoms with Crippen LogP contribution in [-0.4, -0.2) is 21.7 Å². The summed E-state index contributed by atoms with van der Waals surface area (Å²) >= 11 is 3.13. The van der Waals surface area contributed by atoms with Crippen LogP contribution in [0.5, 0.6) is 0 Å². The highest BCUT2D eigenvalue weighted by atomic mass is 79.9. The van der Waals surface area contributed by atoms with Crippen molar-refractivity contribution in [1.29, 1.82) is 0 Å². The Hall–Kier alpha value is -2.14. The van der Waals surface area contributed by atoms with Gasteiger partial charge in [-0.05, 0) is 24.3 Å². The van der Waals surface area contributed by atoms with Gasteiger partial charge in [-0.15, -0.1) is 0 Å². The Bertz CT molecular complexity index is 850. The minimum atomic E-state index is -1.01. The molecule has 0 saturated heterocycles. The number of carboxylic acid groups (broad SMARTS) is 1. The van der Waals surface area contributed by atoms with Crippen LogP contribution in [0.3, 0.4) is 0 Å². The number of carbonyl (C=O) groups excluding carboxylic acids is 1. The third kappa shape index (κ3) is 2.56. The molecule has 0 fully saturated rings. The van der Waals surface area contributed by atoms with Crippen molar-refractivity contribution >= 4 is 49.6 Å². The number of para-hydroxylation sites is 1. The number of furan rings is 1. The van der Waals surface area contributed by atoms with Crippen LogP contribution in [0.15, 0.2) is 46.9 Å².